The van der Waals surface area contributed by atoms with E-state index in [1.807, 2.05) is 19.1 Å². The zero-order valence-corrected chi connectivity index (χ0v) is 10.1. The minimum absolute atomic E-state index is 0.0656. The van der Waals surface area contributed by atoms with Gasteiger partial charge in [0, 0.05) is 13.1 Å². The zero-order valence-electron chi connectivity index (χ0n) is 10.1. The van der Waals surface area contributed by atoms with Gasteiger partial charge < -0.3 is 20.7 Å². The van der Waals surface area contributed by atoms with Crippen LogP contribution in [0.1, 0.15) is 12.5 Å². The molecule has 0 saturated carbocycles. The van der Waals surface area contributed by atoms with E-state index in [4.69, 9.17) is 10.5 Å². The predicted octanol–water partition coefficient (Wildman–Crippen LogP) is 0.733. The Morgan fingerprint density at radius 1 is 1.47 bits per heavy atom. The van der Waals surface area contributed by atoms with Gasteiger partial charge in [-0.2, -0.15) is 0 Å². The molecule has 0 fully saturated rings. The van der Waals surface area contributed by atoms with Crippen molar-refractivity contribution in [2.75, 3.05) is 30.8 Å². The van der Waals surface area contributed by atoms with E-state index in [1.54, 1.807) is 12.0 Å². The molecule has 0 radical (unpaired) electrons. The van der Waals surface area contributed by atoms with Crippen molar-refractivity contribution in [3.05, 3.63) is 17.7 Å². The molecule has 5 heteroatoms. The molecule has 17 heavy (non-hydrogen) atoms. The topological polar surface area (TPSA) is 67.6 Å². The molecule has 3 N–H and O–H groups in total. The Bertz CT molecular complexity index is 446. The first-order valence-corrected chi connectivity index (χ1v) is 5.64. The van der Waals surface area contributed by atoms with Gasteiger partial charge in [-0.1, -0.05) is 0 Å². The maximum atomic E-state index is 11.9. The van der Waals surface area contributed by atoms with Gasteiger partial charge >= 0.3 is 0 Å². The van der Waals surface area contributed by atoms with Crippen LogP contribution < -0.4 is 20.7 Å². The summed E-state index contributed by atoms with van der Waals surface area (Å²) in [6, 6.07) is 3.70. The number of anilines is 2. The van der Waals surface area contributed by atoms with Gasteiger partial charge in [-0.15, -0.1) is 0 Å². The highest BCUT2D eigenvalue weighted by Crippen LogP contribution is 2.32. The van der Waals surface area contributed by atoms with Crippen LogP contribution >= 0.6 is 0 Å². The third kappa shape index (κ3) is 2.06. The van der Waals surface area contributed by atoms with Gasteiger partial charge in [-0.25, -0.2) is 0 Å². The lowest BCUT2D eigenvalue weighted by Gasteiger charge is -2.21. The standard InChI is InChI=1S/C12H17N3O2/c1-3-15-10-5-9(13)11(17-2)4-8(10)6-14-7-12(15)16/h4-5,14H,3,6-7,13H2,1-2H3. The molecule has 1 amide bonds. The van der Waals surface area contributed by atoms with Crippen LogP contribution in [0.3, 0.4) is 0 Å². The number of ether oxygens (including phenoxy) is 1. The number of nitrogens with one attached hydrogen (secondary N) is 1. The summed E-state index contributed by atoms with van der Waals surface area (Å²) < 4.78 is 5.19. The van der Waals surface area contributed by atoms with Gasteiger partial charge in [0.25, 0.3) is 0 Å². The molecule has 0 atom stereocenters. The number of hydrogen-bond acceptors (Lipinski definition) is 4. The fraction of sp³-hybridized carbons (Fsp3) is 0.417. The van der Waals surface area contributed by atoms with Crippen LogP contribution in [0.15, 0.2) is 12.1 Å². The number of methoxy groups -OCH3 is 1. The smallest absolute Gasteiger partial charge is 0.240 e. The molecule has 1 heterocycles. The van der Waals surface area contributed by atoms with Crippen molar-refractivity contribution in [2.45, 2.75) is 13.5 Å². The Morgan fingerprint density at radius 3 is 2.88 bits per heavy atom. The first-order valence-electron chi connectivity index (χ1n) is 5.64. The maximum Gasteiger partial charge on any atom is 0.240 e. The van der Waals surface area contributed by atoms with Crippen LogP contribution in [-0.2, 0) is 11.3 Å². The third-order valence-corrected chi connectivity index (χ3v) is 2.93. The van der Waals surface area contributed by atoms with E-state index in [1.165, 1.54) is 0 Å². The third-order valence-electron chi connectivity index (χ3n) is 2.93. The van der Waals surface area contributed by atoms with Gasteiger partial charge in [0.2, 0.25) is 5.91 Å². The van der Waals surface area contributed by atoms with Crippen molar-refractivity contribution in [3.63, 3.8) is 0 Å². The summed E-state index contributed by atoms with van der Waals surface area (Å²) in [7, 11) is 1.59. The van der Waals surface area contributed by atoms with Crippen LogP contribution in [0, 0.1) is 0 Å². The minimum atomic E-state index is 0.0656. The molecule has 92 valence electrons. The Balaban J connectivity index is 2.52. The number of nitrogen functional groups attached to an aromatic ring is 1. The number of carbonyl (C=O) groups is 1. The normalized spacial score (nSPS) is 15.4. The number of nitrogens with zero attached hydrogens (tertiary/aromatic N) is 1. The number of amides is 1. The predicted molar refractivity (Wildman–Crippen MR) is 67.1 cm³/mol. The van der Waals surface area contributed by atoms with E-state index in [0.29, 0.717) is 31.1 Å². The summed E-state index contributed by atoms with van der Waals surface area (Å²) in [6.45, 7) is 3.59. The molecule has 1 aliphatic rings. The first kappa shape index (κ1) is 11.7. The number of fused-ring (bicyclic) bond motifs is 1. The molecule has 0 unspecified atom stereocenters. The van der Waals surface area contributed by atoms with E-state index < -0.39 is 0 Å². The van der Waals surface area contributed by atoms with E-state index in [9.17, 15) is 4.79 Å². The van der Waals surface area contributed by atoms with Crippen molar-refractivity contribution in [1.29, 1.82) is 0 Å². The van der Waals surface area contributed by atoms with Crippen molar-refractivity contribution < 1.29 is 9.53 Å². The number of benzene rings is 1. The highest BCUT2D eigenvalue weighted by atomic mass is 16.5. The largest absolute Gasteiger partial charge is 0.495 e. The number of carbonyl (C=O) groups excluding carboxylic acids is 1. The maximum absolute atomic E-state index is 11.9. The quantitative estimate of drug-likeness (QED) is 0.742. The summed E-state index contributed by atoms with van der Waals surface area (Å²) >= 11 is 0. The SMILES string of the molecule is CCN1C(=O)CNCc2cc(OC)c(N)cc21. The second-order valence-corrected chi connectivity index (χ2v) is 3.96. The highest BCUT2D eigenvalue weighted by molar-refractivity contribution is 5.97. The van der Waals surface area contributed by atoms with Crippen LogP contribution in [0.4, 0.5) is 11.4 Å². The molecule has 1 aliphatic heterocycles. The van der Waals surface area contributed by atoms with Gasteiger partial charge in [0.05, 0.1) is 25.0 Å². The fourth-order valence-electron chi connectivity index (χ4n) is 2.08. The van der Waals surface area contributed by atoms with E-state index in [-0.39, 0.29) is 5.91 Å². The average Bonchev–Trinajstić information content (AvgIpc) is 2.46. The lowest BCUT2D eigenvalue weighted by molar-refractivity contribution is -0.117. The van der Waals surface area contributed by atoms with Gasteiger partial charge in [-0.3, -0.25) is 4.79 Å². The molecule has 2 rings (SSSR count). The molecular weight excluding hydrogens is 218 g/mol. The fourth-order valence-corrected chi connectivity index (χ4v) is 2.08. The zero-order chi connectivity index (χ0) is 12.4. The monoisotopic (exact) mass is 235 g/mol. The van der Waals surface area contributed by atoms with Gasteiger partial charge in [-0.05, 0) is 24.6 Å². The van der Waals surface area contributed by atoms with E-state index >= 15 is 0 Å². The summed E-state index contributed by atoms with van der Waals surface area (Å²) in [6.07, 6.45) is 0. The Morgan fingerprint density at radius 2 is 2.24 bits per heavy atom. The Labute approximate surface area is 101 Å². The van der Waals surface area contributed by atoms with Crippen LogP contribution in [0.5, 0.6) is 5.75 Å². The van der Waals surface area contributed by atoms with Crippen molar-refractivity contribution in [1.82, 2.24) is 5.32 Å². The van der Waals surface area contributed by atoms with Crippen molar-refractivity contribution >= 4 is 17.3 Å². The second-order valence-electron chi connectivity index (χ2n) is 3.96. The summed E-state index contributed by atoms with van der Waals surface area (Å²) in [5.74, 6) is 0.715. The second kappa shape index (κ2) is 4.63. The highest BCUT2D eigenvalue weighted by Gasteiger charge is 2.21. The molecule has 0 aromatic heterocycles. The number of likely N-dealkylation sites (N-methyl/N-ethyl adjacent to an activating group) is 1. The summed E-state index contributed by atoms with van der Waals surface area (Å²) in [5.41, 5.74) is 8.35. The molecule has 1 aromatic carbocycles. The Hall–Kier alpha value is -1.75. The van der Waals surface area contributed by atoms with Gasteiger partial charge in [0.1, 0.15) is 5.75 Å². The minimum Gasteiger partial charge on any atom is -0.495 e. The van der Waals surface area contributed by atoms with Crippen LogP contribution in [-0.4, -0.2) is 26.1 Å². The number of hydrogen-bond donors (Lipinski definition) is 2. The summed E-state index contributed by atoms with van der Waals surface area (Å²) in [4.78, 5) is 13.6. The van der Waals surface area contributed by atoms with Crippen LogP contribution in [0.2, 0.25) is 0 Å². The van der Waals surface area contributed by atoms with Crippen molar-refractivity contribution in [2.24, 2.45) is 0 Å². The lowest BCUT2D eigenvalue weighted by atomic mass is 10.1. The Kier molecular flexibility index (Phi) is 3.19. The molecular formula is C12H17N3O2. The van der Waals surface area contributed by atoms with Crippen molar-refractivity contribution in [3.8, 4) is 5.75 Å². The molecule has 1 aromatic rings. The lowest BCUT2D eigenvalue weighted by Crippen LogP contribution is -2.35. The van der Waals surface area contributed by atoms with Gasteiger partial charge in [0.15, 0.2) is 0 Å². The molecule has 0 aliphatic carbocycles. The molecule has 0 bridgehead atoms. The molecule has 0 spiro atoms. The molecule has 5 nitrogen and oxygen atoms in total. The number of nitrogens with two attached hydrogens (primary N) is 1. The van der Waals surface area contributed by atoms with E-state index in [0.717, 1.165) is 11.3 Å². The first-order chi connectivity index (χ1) is 8.17. The number of rotatable bonds is 2. The average molecular weight is 235 g/mol. The molecule has 0 saturated heterocycles. The van der Waals surface area contributed by atoms with E-state index in [2.05, 4.69) is 5.32 Å². The van der Waals surface area contributed by atoms with Crippen LogP contribution in [0.25, 0.3) is 0 Å². The summed E-state index contributed by atoms with van der Waals surface area (Å²) in [5, 5.41) is 3.10.